The number of ether oxygens (including phenoxy) is 2. The Kier molecular flexibility index (Phi) is 7.71. The van der Waals surface area contributed by atoms with Crippen LogP contribution in [0, 0.1) is 5.82 Å². The van der Waals surface area contributed by atoms with E-state index in [1.165, 1.54) is 43.5 Å². The van der Waals surface area contributed by atoms with Crippen LogP contribution < -0.4 is 14.8 Å². The first-order chi connectivity index (χ1) is 15.6. The standard InChI is InChI=1S/C23H17Cl2F4NO3/c1-32-20-11-14(13-5-8-15(9-6-13)33-23(27,28)29)7-10-16(20)19(12-24)30-22(31)21-17(25)3-2-4-18(21)26/h2-11,19H,12H2,1H3,(H,30,31). The molecule has 0 radical (unpaired) electrons. The van der Waals surface area contributed by atoms with Gasteiger partial charge in [0.15, 0.2) is 0 Å². The summed E-state index contributed by atoms with van der Waals surface area (Å²) in [7, 11) is 1.42. The summed E-state index contributed by atoms with van der Waals surface area (Å²) < 4.78 is 60.5. The summed E-state index contributed by atoms with van der Waals surface area (Å²) in [6.45, 7) is 0. The molecule has 1 atom stereocenters. The molecule has 174 valence electrons. The van der Waals surface area contributed by atoms with E-state index < -0.39 is 24.1 Å². The number of methoxy groups -OCH3 is 1. The quantitative estimate of drug-likeness (QED) is 0.287. The zero-order valence-corrected chi connectivity index (χ0v) is 18.6. The van der Waals surface area contributed by atoms with E-state index in [9.17, 15) is 22.4 Å². The van der Waals surface area contributed by atoms with Crippen molar-refractivity contribution in [2.45, 2.75) is 12.4 Å². The van der Waals surface area contributed by atoms with Gasteiger partial charge in [-0.15, -0.1) is 24.8 Å². The van der Waals surface area contributed by atoms with Gasteiger partial charge in [-0.1, -0.05) is 41.9 Å². The van der Waals surface area contributed by atoms with Crippen LogP contribution in [0.5, 0.6) is 11.5 Å². The third-order valence-corrected chi connectivity index (χ3v) is 5.30. The molecule has 0 aliphatic rings. The van der Waals surface area contributed by atoms with Crippen molar-refractivity contribution in [3.8, 4) is 22.6 Å². The lowest BCUT2D eigenvalue weighted by atomic mass is 9.99. The van der Waals surface area contributed by atoms with Gasteiger partial charge in [0.25, 0.3) is 5.91 Å². The van der Waals surface area contributed by atoms with Gasteiger partial charge in [-0.3, -0.25) is 4.79 Å². The van der Waals surface area contributed by atoms with E-state index >= 15 is 0 Å². The molecule has 0 aromatic heterocycles. The predicted octanol–water partition coefficient (Wildman–Crippen LogP) is 6.76. The molecule has 0 aliphatic heterocycles. The van der Waals surface area contributed by atoms with Crippen molar-refractivity contribution in [1.29, 1.82) is 0 Å². The molecular formula is C23H17Cl2F4NO3. The number of rotatable bonds is 7. The van der Waals surface area contributed by atoms with Crippen molar-refractivity contribution in [2.24, 2.45) is 0 Å². The molecule has 0 bridgehead atoms. The molecule has 3 rings (SSSR count). The van der Waals surface area contributed by atoms with Crippen molar-refractivity contribution in [3.05, 3.63) is 82.6 Å². The van der Waals surface area contributed by atoms with Crippen LogP contribution in [0.1, 0.15) is 22.0 Å². The second kappa shape index (κ2) is 10.3. The fourth-order valence-corrected chi connectivity index (χ4v) is 3.66. The Labute approximate surface area is 197 Å². The zero-order valence-electron chi connectivity index (χ0n) is 17.1. The Morgan fingerprint density at radius 1 is 1.06 bits per heavy atom. The van der Waals surface area contributed by atoms with Gasteiger partial charge in [0.1, 0.15) is 17.3 Å². The van der Waals surface area contributed by atoms with Crippen molar-refractivity contribution >= 4 is 29.1 Å². The van der Waals surface area contributed by atoms with Crippen LogP contribution in [0.15, 0.2) is 60.7 Å². The number of benzene rings is 3. The minimum Gasteiger partial charge on any atom is -0.496 e. The predicted molar refractivity (Wildman–Crippen MR) is 117 cm³/mol. The highest BCUT2D eigenvalue weighted by molar-refractivity contribution is 6.33. The Morgan fingerprint density at radius 3 is 2.30 bits per heavy atom. The Bertz CT molecular complexity index is 1120. The molecule has 0 fully saturated rings. The summed E-state index contributed by atoms with van der Waals surface area (Å²) in [5.41, 5.74) is 1.48. The van der Waals surface area contributed by atoms with Crippen LogP contribution in [-0.2, 0) is 0 Å². The van der Waals surface area contributed by atoms with E-state index in [1.807, 2.05) is 0 Å². The zero-order chi connectivity index (χ0) is 24.2. The highest BCUT2D eigenvalue weighted by Gasteiger charge is 2.31. The van der Waals surface area contributed by atoms with E-state index in [0.717, 1.165) is 6.07 Å². The Morgan fingerprint density at radius 2 is 1.73 bits per heavy atom. The number of alkyl halides is 4. The fraction of sp³-hybridized carbons (Fsp3) is 0.174. The molecule has 1 unspecified atom stereocenters. The van der Waals surface area contributed by atoms with E-state index in [2.05, 4.69) is 10.1 Å². The minimum atomic E-state index is -4.78. The smallest absolute Gasteiger partial charge is 0.496 e. The third-order valence-electron chi connectivity index (χ3n) is 4.68. The van der Waals surface area contributed by atoms with Gasteiger partial charge in [-0.25, -0.2) is 4.39 Å². The average molecular weight is 502 g/mol. The number of halogens is 6. The monoisotopic (exact) mass is 501 g/mol. The van der Waals surface area contributed by atoms with Gasteiger partial charge in [0, 0.05) is 11.4 Å². The van der Waals surface area contributed by atoms with E-state index in [0.29, 0.717) is 22.4 Å². The number of nitrogens with one attached hydrogen (secondary N) is 1. The summed E-state index contributed by atoms with van der Waals surface area (Å²) >= 11 is 12.0. The van der Waals surface area contributed by atoms with Crippen molar-refractivity contribution in [1.82, 2.24) is 5.32 Å². The van der Waals surface area contributed by atoms with Gasteiger partial charge in [-0.05, 0) is 41.5 Å². The van der Waals surface area contributed by atoms with E-state index in [4.69, 9.17) is 27.9 Å². The highest BCUT2D eigenvalue weighted by Crippen LogP contribution is 2.33. The third kappa shape index (κ3) is 6.09. The molecule has 1 N–H and O–H groups in total. The number of carbonyl (C=O) groups is 1. The van der Waals surface area contributed by atoms with Crippen molar-refractivity contribution in [3.63, 3.8) is 0 Å². The number of hydrogen-bond donors (Lipinski definition) is 1. The maximum absolute atomic E-state index is 14.1. The van der Waals surface area contributed by atoms with Gasteiger partial charge in [0.2, 0.25) is 0 Å². The van der Waals surface area contributed by atoms with Crippen LogP contribution in [0.4, 0.5) is 17.6 Å². The first-order valence-electron chi connectivity index (χ1n) is 9.48. The van der Waals surface area contributed by atoms with Gasteiger partial charge >= 0.3 is 6.36 Å². The summed E-state index contributed by atoms with van der Waals surface area (Å²) in [4.78, 5) is 12.6. The summed E-state index contributed by atoms with van der Waals surface area (Å²) in [6.07, 6.45) is -4.78. The van der Waals surface area contributed by atoms with Crippen LogP contribution in [-0.4, -0.2) is 25.3 Å². The summed E-state index contributed by atoms with van der Waals surface area (Å²) in [6, 6.07) is 13.5. The molecule has 3 aromatic rings. The second-order valence-corrected chi connectivity index (χ2v) is 7.52. The molecule has 33 heavy (non-hydrogen) atoms. The summed E-state index contributed by atoms with van der Waals surface area (Å²) in [5.74, 6) is -1.53. The van der Waals surface area contributed by atoms with Gasteiger partial charge < -0.3 is 14.8 Å². The molecule has 10 heteroatoms. The Balaban J connectivity index is 1.85. The highest BCUT2D eigenvalue weighted by atomic mass is 35.5. The lowest BCUT2D eigenvalue weighted by Gasteiger charge is -2.20. The second-order valence-electron chi connectivity index (χ2n) is 6.81. The van der Waals surface area contributed by atoms with E-state index in [1.54, 1.807) is 18.2 Å². The molecule has 0 spiro atoms. The van der Waals surface area contributed by atoms with Crippen LogP contribution >= 0.6 is 23.2 Å². The lowest BCUT2D eigenvalue weighted by Crippen LogP contribution is -2.30. The maximum atomic E-state index is 14.1. The molecule has 1 amide bonds. The number of hydrogen-bond acceptors (Lipinski definition) is 3. The van der Waals surface area contributed by atoms with Crippen LogP contribution in [0.25, 0.3) is 11.1 Å². The topological polar surface area (TPSA) is 47.6 Å². The first-order valence-corrected chi connectivity index (χ1v) is 10.4. The number of amides is 1. The van der Waals surface area contributed by atoms with Crippen molar-refractivity contribution in [2.75, 3.05) is 13.0 Å². The van der Waals surface area contributed by atoms with E-state index in [-0.39, 0.29) is 22.2 Å². The molecule has 3 aromatic carbocycles. The molecular weight excluding hydrogens is 485 g/mol. The molecule has 4 nitrogen and oxygen atoms in total. The average Bonchev–Trinajstić information content (AvgIpc) is 2.76. The van der Waals surface area contributed by atoms with Crippen molar-refractivity contribution < 1.29 is 31.8 Å². The van der Waals surface area contributed by atoms with Crippen LogP contribution in [0.3, 0.4) is 0 Å². The van der Waals surface area contributed by atoms with Gasteiger partial charge in [0.05, 0.1) is 23.7 Å². The fourth-order valence-electron chi connectivity index (χ4n) is 3.17. The normalized spacial score (nSPS) is 12.2. The minimum absolute atomic E-state index is 0.0407. The molecule has 0 saturated heterocycles. The molecule has 0 aliphatic carbocycles. The van der Waals surface area contributed by atoms with Crippen LogP contribution in [0.2, 0.25) is 5.02 Å². The van der Waals surface area contributed by atoms with Gasteiger partial charge in [-0.2, -0.15) is 0 Å². The maximum Gasteiger partial charge on any atom is 0.573 e. The largest absolute Gasteiger partial charge is 0.573 e. The lowest BCUT2D eigenvalue weighted by molar-refractivity contribution is -0.274. The Hall–Kier alpha value is -2.97. The SMILES string of the molecule is COc1cc(-c2ccc(OC(F)(F)F)cc2)ccc1C(CCl)NC(=O)c1c(F)cccc1Cl. The molecule has 0 heterocycles. The number of carbonyl (C=O) groups excluding carboxylic acids is 1. The first kappa shape index (κ1) is 24.7. The summed E-state index contributed by atoms with van der Waals surface area (Å²) in [5, 5.41) is 2.61. The molecule has 0 saturated carbocycles.